The molecule has 0 aromatic heterocycles. The molecule has 0 bridgehead atoms. The molecule has 1 aliphatic rings. The quantitative estimate of drug-likeness (QED) is 0.298. The molecule has 5 heteroatoms. The van der Waals surface area contributed by atoms with Gasteiger partial charge in [0.05, 0.1) is 6.54 Å². The lowest BCUT2D eigenvalue weighted by molar-refractivity contribution is 0.123. The Morgan fingerprint density at radius 2 is 2.04 bits per heavy atom. The molecule has 128 valence electrons. The Hall–Kier alpha value is -1.20. The van der Waals surface area contributed by atoms with E-state index in [1.54, 1.807) is 11.8 Å². The number of aliphatic imine (C=N–C) groups is 1. The van der Waals surface area contributed by atoms with Crippen molar-refractivity contribution in [1.29, 1.82) is 0 Å². The van der Waals surface area contributed by atoms with Gasteiger partial charge in [-0.15, -0.1) is 11.8 Å². The number of hydrogen-bond acceptors (Lipinski definition) is 3. The first-order valence-electron chi connectivity index (χ1n) is 8.54. The van der Waals surface area contributed by atoms with Gasteiger partial charge in [0.25, 0.3) is 0 Å². The fourth-order valence-corrected chi connectivity index (χ4v) is 2.57. The number of nitrogens with zero attached hydrogens (tertiary/aromatic N) is 1. The van der Waals surface area contributed by atoms with Crippen molar-refractivity contribution in [3.8, 4) is 0 Å². The normalized spacial score (nSPS) is 14.8. The lowest BCUT2D eigenvalue weighted by atomic mass is 10.2. The van der Waals surface area contributed by atoms with Crippen molar-refractivity contribution in [2.75, 3.05) is 32.6 Å². The van der Waals surface area contributed by atoms with Crippen molar-refractivity contribution in [2.24, 2.45) is 10.9 Å². The summed E-state index contributed by atoms with van der Waals surface area (Å²) in [4.78, 5) is 5.93. The first kappa shape index (κ1) is 18.1. The summed E-state index contributed by atoms with van der Waals surface area (Å²) in [7, 11) is 0. The molecule has 1 saturated carbocycles. The fourth-order valence-electron chi connectivity index (χ4n) is 2.16. The Bertz CT molecular complexity index is 472. The molecule has 1 aromatic carbocycles. The van der Waals surface area contributed by atoms with Crippen LogP contribution in [0.4, 0.5) is 0 Å². The molecule has 0 aliphatic heterocycles. The van der Waals surface area contributed by atoms with Gasteiger partial charge in [0.2, 0.25) is 0 Å². The maximum Gasteiger partial charge on any atom is 0.191 e. The van der Waals surface area contributed by atoms with Gasteiger partial charge in [0.15, 0.2) is 5.96 Å². The van der Waals surface area contributed by atoms with Gasteiger partial charge < -0.3 is 15.4 Å². The maximum atomic E-state index is 5.65. The number of ether oxygens (including phenoxy) is 1. The number of rotatable bonds is 10. The van der Waals surface area contributed by atoms with Gasteiger partial charge in [-0.05, 0) is 56.1 Å². The number of guanidine groups is 1. The van der Waals surface area contributed by atoms with E-state index in [0.29, 0.717) is 6.54 Å². The molecule has 0 amide bonds. The van der Waals surface area contributed by atoms with E-state index < -0.39 is 0 Å². The monoisotopic (exact) mass is 335 g/mol. The summed E-state index contributed by atoms with van der Waals surface area (Å²) in [6.45, 7) is 6.32. The molecule has 2 N–H and O–H groups in total. The van der Waals surface area contributed by atoms with Crippen LogP contribution in [0.5, 0.6) is 0 Å². The molecule has 1 fully saturated rings. The van der Waals surface area contributed by atoms with Crippen LogP contribution in [0.2, 0.25) is 0 Å². The smallest absolute Gasteiger partial charge is 0.191 e. The standard InChI is InChI=1S/C18H29N3OS/c1-3-19-18(20-11-4-12-22-14-16-5-6-16)21-13-15-7-9-17(23-2)10-8-15/h7-10,16H,3-6,11-14H2,1-2H3,(H2,19,20,21). The SMILES string of the molecule is CCNC(=NCc1ccc(SC)cc1)NCCCOCC1CC1. The number of nitrogens with one attached hydrogen (secondary N) is 2. The van der Waals surface area contributed by atoms with Gasteiger partial charge in [-0.25, -0.2) is 4.99 Å². The Labute approximate surface area is 144 Å². The third kappa shape index (κ3) is 7.75. The van der Waals surface area contributed by atoms with E-state index in [1.165, 1.54) is 23.3 Å². The molecule has 1 aliphatic carbocycles. The topological polar surface area (TPSA) is 45.7 Å². The summed E-state index contributed by atoms with van der Waals surface area (Å²) in [5.41, 5.74) is 1.23. The second kappa shape index (κ2) is 10.6. The van der Waals surface area contributed by atoms with Gasteiger partial charge in [0.1, 0.15) is 0 Å². The summed E-state index contributed by atoms with van der Waals surface area (Å²) < 4.78 is 5.65. The third-order valence-electron chi connectivity index (χ3n) is 3.73. The highest BCUT2D eigenvalue weighted by atomic mass is 32.2. The minimum Gasteiger partial charge on any atom is -0.381 e. The zero-order valence-corrected chi connectivity index (χ0v) is 15.1. The lowest BCUT2D eigenvalue weighted by Crippen LogP contribution is -2.38. The highest BCUT2D eigenvalue weighted by Crippen LogP contribution is 2.28. The highest BCUT2D eigenvalue weighted by molar-refractivity contribution is 7.98. The molecule has 0 unspecified atom stereocenters. The van der Waals surface area contributed by atoms with Crippen LogP contribution in [0.1, 0.15) is 31.7 Å². The molecule has 23 heavy (non-hydrogen) atoms. The molecule has 0 radical (unpaired) electrons. The summed E-state index contributed by atoms with van der Waals surface area (Å²) >= 11 is 1.76. The average Bonchev–Trinajstić information content (AvgIpc) is 3.40. The average molecular weight is 336 g/mol. The van der Waals surface area contributed by atoms with E-state index in [0.717, 1.165) is 44.6 Å². The highest BCUT2D eigenvalue weighted by Gasteiger charge is 2.20. The first-order valence-corrected chi connectivity index (χ1v) is 9.77. The Balaban J connectivity index is 1.67. The van der Waals surface area contributed by atoms with Crippen LogP contribution in [-0.4, -0.2) is 38.5 Å². The van der Waals surface area contributed by atoms with E-state index in [2.05, 4.69) is 53.1 Å². The number of benzene rings is 1. The van der Waals surface area contributed by atoms with Gasteiger partial charge in [0, 0.05) is 31.2 Å². The zero-order valence-electron chi connectivity index (χ0n) is 14.3. The second-order valence-electron chi connectivity index (χ2n) is 5.84. The van der Waals surface area contributed by atoms with Crippen LogP contribution in [0.3, 0.4) is 0 Å². The lowest BCUT2D eigenvalue weighted by Gasteiger charge is -2.11. The molecule has 1 aromatic rings. The van der Waals surface area contributed by atoms with Crippen molar-refractivity contribution in [2.45, 2.75) is 37.6 Å². The van der Waals surface area contributed by atoms with Crippen LogP contribution < -0.4 is 10.6 Å². The predicted molar refractivity (Wildman–Crippen MR) is 99.2 cm³/mol. The van der Waals surface area contributed by atoms with Gasteiger partial charge in [-0.3, -0.25) is 0 Å². The largest absolute Gasteiger partial charge is 0.381 e. The Kier molecular flexibility index (Phi) is 8.32. The van der Waals surface area contributed by atoms with Crippen molar-refractivity contribution < 1.29 is 4.74 Å². The molecule has 2 rings (SSSR count). The molecule has 4 nitrogen and oxygen atoms in total. The van der Waals surface area contributed by atoms with E-state index in [4.69, 9.17) is 4.74 Å². The van der Waals surface area contributed by atoms with Gasteiger partial charge in [-0.2, -0.15) is 0 Å². The molecule has 0 heterocycles. The molecule has 0 saturated heterocycles. The summed E-state index contributed by atoms with van der Waals surface area (Å²) in [5, 5.41) is 6.66. The van der Waals surface area contributed by atoms with Crippen molar-refractivity contribution >= 4 is 17.7 Å². The van der Waals surface area contributed by atoms with E-state index >= 15 is 0 Å². The van der Waals surface area contributed by atoms with Gasteiger partial charge in [-0.1, -0.05) is 12.1 Å². The minimum absolute atomic E-state index is 0.697. The summed E-state index contributed by atoms with van der Waals surface area (Å²) in [6.07, 6.45) is 5.81. The van der Waals surface area contributed by atoms with E-state index in [9.17, 15) is 0 Å². The summed E-state index contributed by atoms with van der Waals surface area (Å²) in [6, 6.07) is 8.58. The minimum atomic E-state index is 0.697. The van der Waals surface area contributed by atoms with Crippen LogP contribution in [-0.2, 0) is 11.3 Å². The third-order valence-corrected chi connectivity index (χ3v) is 4.47. The Morgan fingerprint density at radius 3 is 2.70 bits per heavy atom. The number of thioether (sulfide) groups is 1. The second-order valence-corrected chi connectivity index (χ2v) is 6.72. The maximum absolute atomic E-state index is 5.65. The van der Waals surface area contributed by atoms with Crippen LogP contribution >= 0.6 is 11.8 Å². The molecule has 0 atom stereocenters. The Morgan fingerprint density at radius 1 is 1.26 bits per heavy atom. The van der Waals surface area contributed by atoms with Gasteiger partial charge >= 0.3 is 0 Å². The molecular formula is C18H29N3OS. The molecule has 0 spiro atoms. The van der Waals surface area contributed by atoms with Crippen molar-refractivity contribution in [3.05, 3.63) is 29.8 Å². The molecular weight excluding hydrogens is 306 g/mol. The van der Waals surface area contributed by atoms with Crippen LogP contribution in [0, 0.1) is 5.92 Å². The summed E-state index contributed by atoms with van der Waals surface area (Å²) in [5.74, 6) is 1.72. The first-order chi connectivity index (χ1) is 11.3. The van der Waals surface area contributed by atoms with Crippen LogP contribution in [0.25, 0.3) is 0 Å². The fraction of sp³-hybridized carbons (Fsp3) is 0.611. The van der Waals surface area contributed by atoms with Crippen LogP contribution in [0.15, 0.2) is 34.2 Å². The van der Waals surface area contributed by atoms with E-state index in [1.807, 2.05) is 0 Å². The predicted octanol–water partition coefficient (Wildman–Crippen LogP) is 3.28. The zero-order chi connectivity index (χ0) is 16.3. The number of hydrogen-bond donors (Lipinski definition) is 2. The van der Waals surface area contributed by atoms with Crippen molar-refractivity contribution in [1.82, 2.24) is 10.6 Å². The van der Waals surface area contributed by atoms with E-state index in [-0.39, 0.29) is 0 Å². The van der Waals surface area contributed by atoms with Crippen molar-refractivity contribution in [3.63, 3.8) is 0 Å².